The fraction of sp³-hybridized carbons (Fsp3) is 0.688. The molecule has 0 radical (unpaired) electrons. The Bertz CT molecular complexity index is 571. The van der Waals surface area contributed by atoms with Crippen molar-refractivity contribution >= 4 is 17.5 Å². The average Bonchev–Trinajstić information content (AvgIpc) is 2.80. The van der Waals surface area contributed by atoms with E-state index in [0.29, 0.717) is 12.0 Å². The first-order valence-electron chi connectivity index (χ1n) is 7.31. The Morgan fingerprint density at radius 1 is 1.24 bits per heavy atom. The Kier molecular flexibility index (Phi) is 3.10. The maximum absolute atomic E-state index is 12.6. The highest BCUT2D eigenvalue weighted by Gasteiger charge is 2.55. The summed E-state index contributed by atoms with van der Waals surface area (Å²) in [5.41, 5.74) is 0.788. The van der Waals surface area contributed by atoms with Gasteiger partial charge in [-0.1, -0.05) is 20.8 Å². The van der Waals surface area contributed by atoms with Crippen molar-refractivity contribution in [2.75, 3.05) is 7.11 Å². The van der Waals surface area contributed by atoms with Crippen LogP contribution in [0.2, 0.25) is 0 Å². The van der Waals surface area contributed by atoms with Crippen molar-refractivity contribution in [3.63, 3.8) is 0 Å². The van der Waals surface area contributed by atoms with Gasteiger partial charge in [-0.15, -0.1) is 0 Å². The first kappa shape index (κ1) is 14.4. The molecule has 2 aliphatic carbocycles. The second-order valence-corrected chi connectivity index (χ2v) is 6.92. The molecule has 0 spiro atoms. The number of esters is 1. The van der Waals surface area contributed by atoms with E-state index in [2.05, 4.69) is 0 Å². The molecule has 0 aromatic rings. The molecule has 1 aliphatic heterocycles. The number of rotatable bonds is 1. The highest BCUT2D eigenvalue weighted by Crippen LogP contribution is 2.51. The monoisotopic (exact) mass is 292 g/mol. The number of allylic oxidation sites excluding steroid dienone is 1. The average molecular weight is 292 g/mol. The minimum absolute atomic E-state index is 0.00361. The fourth-order valence-electron chi connectivity index (χ4n) is 3.95. The standard InChI is InChI=1S/C16H20O5/c1-7-10(17)5-8-12(14(19)21-15(8)20-4)9-6-16(2,3)13(18)11(7)9/h7-8,11,15H,5-6H2,1-4H3/t7-,8-,11-,15+/m0/s1. The molecule has 0 aromatic heterocycles. The quantitative estimate of drug-likeness (QED) is 0.687. The molecule has 3 aliphatic rings. The Balaban J connectivity index is 2.18. The number of Topliss-reactive ketones (excluding diaryl/α,β-unsaturated/α-hetero) is 2. The van der Waals surface area contributed by atoms with Crippen LogP contribution in [0.4, 0.5) is 0 Å². The van der Waals surface area contributed by atoms with Crippen LogP contribution in [-0.2, 0) is 23.9 Å². The minimum atomic E-state index is -0.714. The number of carbonyl (C=O) groups excluding carboxylic acids is 3. The molecular formula is C16H20O5. The third kappa shape index (κ3) is 1.90. The second-order valence-electron chi connectivity index (χ2n) is 6.92. The summed E-state index contributed by atoms with van der Waals surface area (Å²) < 4.78 is 10.4. The van der Waals surface area contributed by atoms with Crippen molar-refractivity contribution < 1.29 is 23.9 Å². The van der Waals surface area contributed by atoms with Crippen LogP contribution in [0.15, 0.2) is 11.1 Å². The maximum Gasteiger partial charge on any atom is 0.336 e. The van der Waals surface area contributed by atoms with Crippen LogP contribution >= 0.6 is 0 Å². The summed E-state index contributed by atoms with van der Waals surface area (Å²) in [4.78, 5) is 37.3. The summed E-state index contributed by atoms with van der Waals surface area (Å²) in [6.07, 6.45) is 0.00801. The third-order valence-electron chi connectivity index (χ3n) is 5.11. The number of methoxy groups -OCH3 is 1. The van der Waals surface area contributed by atoms with Crippen LogP contribution < -0.4 is 0 Å². The lowest BCUT2D eigenvalue weighted by Crippen LogP contribution is -2.30. The lowest BCUT2D eigenvalue weighted by Gasteiger charge is -2.20. The van der Waals surface area contributed by atoms with Gasteiger partial charge in [0.2, 0.25) is 6.29 Å². The smallest absolute Gasteiger partial charge is 0.336 e. The summed E-state index contributed by atoms with van der Waals surface area (Å²) in [6.45, 7) is 5.54. The van der Waals surface area contributed by atoms with E-state index in [1.807, 2.05) is 13.8 Å². The van der Waals surface area contributed by atoms with E-state index in [1.165, 1.54) is 7.11 Å². The van der Waals surface area contributed by atoms with E-state index in [0.717, 1.165) is 5.57 Å². The molecule has 0 unspecified atom stereocenters. The van der Waals surface area contributed by atoms with Crippen molar-refractivity contribution in [3.05, 3.63) is 11.1 Å². The molecule has 5 nitrogen and oxygen atoms in total. The Morgan fingerprint density at radius 3 is 2.52 bits per heavy atom. The minimum Gasteiger partial charge on any atom is -0.432 e. The van der Waals surface area contributed by atoms with Crippen LogP contribution in [0, 0.1) is 23.2 Å². The lowest BCUT2D eigenvalue weighted by atomic mass is 9.82. The van der Waals surface area contributed by atoms with E-state index >= 15 is 0 Å². The molecule has 1 saturated heterocycles. The zero-order valence-electron chi connectivity index (χ0n) is 12.8. The third-order valence-corrected chi connectivity index (χ3v) is 5.11. The Morgan fingerprint density at radius 2 is 1.90 bits per heavy atom. The summed E-state index contributed by atoms with van der Waals surface area (Å²) in [7, 11) is 1.46. The number of hydrogen-bond acceptors (Lipinski definition) is 5. The van der Waals surface area contributed by atoms with Gasteiger partial charge in [-0.05, 0) is 12.0 Å². The van der Waals surface area contributed by atoms with E-state index in [1.54, 1.807) is 6.92 Å². The zero-order chi connectivity index (χ0) is 15.5. The van der Waals surface area contributed by atoms with Crippen molar-refractivity contribution in [1.29, 1.82) is 0 Å². The highest BCUT2D eigenvalue weighted by molar-refractivity contribution is 6.03. The van der Waals surface area contributed by atoms with Gasteiger partial charge in [-0.25, -0.2) is 4.79 Å². The van der Waals surface area contributed by atoms with Crippen LogP contribution in [0.3, 0.4) is 0 Å². The van der Waals surface area contributed by atoms with Gasteiger partial charge >= 0.3 is 5.97 Å². The molecule has 0 N–H and O–H groups in total. The normalized spacial score (nSPS) is 38.2. The van der Waals surface area contributed by atoms with Crippen LogP contribution in [-0.4, -0.2) is 30.9 Å². The van der Waals surface area contributed by atoms with Gasteiger partial charge < -0.3 is 9.47 Å². The van der Waals surface area contributed by atoms with Gasteiger partial charge in [0.1, 0.15) is 11.6 Å². The number of ether oxygens (including phenoxy) is 2. The largest absolute Gasteiger partial charge is 0.432 e. The number of hydrogen-bond donors (Lipinski definition) is 0. The van der Waals surface area contributed by atoms with Gasteiger partial charge in [0.25, 0.3) is 0 Å². The van der Waals surface area contributed by atoms with Crippen molar-refractivity contribution in [3.8, 4) is 0 Å². The fourth-order valence-corrected chi connectivity index (χ4v) is 3.95. The molecule has 0 bridgehead atoms. The molecule has 1 heterocycles. The molecule has 2 fully saturated rings. The van der Waals surface area contributed by atoms with Crippen LogP contribution in [0.5, 0.6) is 0 Å². The van der Waals surface area contributed by atoms with E-state index in [-0.39, 0.29) is 29.8 Å². The lowest BCUT2D eigenvalue weighted by molar-refractivity contribution is -0.162. The molecule has 0 amide bonds. The van der Waals surface area contributed by atoms with Crippen molar-refractivity contribution in [2.24, 2.45) is 23.2 Å². The van der Waals surface area contributed by atoms with E-state index in [4.69, 9.17) is 9.47 Å². The van der Waals surface area contributed by atoms with Gasteiger partial charge in [-0.2, -0.15) is 0 Å². The molecule has 4 atom stereocenters. The molecule has 1 saturated carbocycles. The molecule has 5 heteroatoms. The number of cyclic esters (lactones) is 1. The summed E-state index contributed by atoms with van der Waals surface area (Å²) in [5, 5.41) is 0. The molecule has 21 heavy (non-hydrogen) atoms. The van der Waals surface area contributed by atoms with Gasteiger partial charge in [-0.3, -0.25) is 9.59 Å². The number of fused-ring (bicyclic) bond motifs is 2. The maximum atomic E-state index is 12.6. The first-order chi connectivity index (χ1) is 9.77. The summed E-state index contributed by atoms with van der Waals surface area (Å²) in [6, 6.07) is 0. The first-order valence-corrected chi connectivity index (χ1v) is 7.31. The SMILES string of the molecule is CO[C@@H]1OC(=O)C2=C3CC(C)(C)C(=O)[C@H]3[C@@H](C)C(=O)C[C@@H]21. The van der Waals surface area contributed by atoms with Crippen molar-refractivity contribution in [1.82, 2.24) is 0 Å². The summed E-state index contributed by atoms with van der Waals surface area (Å²) >= 11 is 0. The molecular weight excluding hydrogens is 272 g/mol. The predicted molar refractivity (Wildman–Crippen MR) is 73.1 cm³/mol. The number of ketones is 2. The molecule has 0 aromatic carbocycles. The Labute approximate surface area is 123 Å². The van der Waals surface area contributed by atoms with E-state index in [9.17, 15) is 14.4 Å². The van der Waals surface area contributed by atoms with Crippen LogP contribution in [0.25, 0.3) is 0 Å². The number of carbonyl (C=O) groups is 3. The van der Waals surface area contributed by atoms with Gasteiger partial charge in [0, 0.05) is 36.4 Å². The zero-order valence-corrected chi connectivity index (χ0v) is 12.8. The van der Waals surface area contributed by atoms with E-state index < -0.39 is 23.6 Å². The molecule has 114 valence electrons. The van der Waals surface area contributed by atoms with Gasteiger partial charge in [0.15, 0.2) is 0 Å². The summed E-state index contributed by atoms with van der Waals surface area (Å²) in [5.74, 6) is -1.60. The second kappa shape index (κ2) is 4.50. The van der Waals surface area contributed by atoms with Crippen LogP contribution in [0.1, 0.15) is 33.6 Å². The van der Waals surface area contributed by atoms with Crippen molar-refractivity contribution in [2.45, 2.75) is 39.9 Å². The highest BCUT2D eigenvalue weighted by atomic mass is 16.7. The Hall–Kier alpha value is -1.49. The van der Waals surface area contributed by atoms with Gasteiger partial charge in [0.05, 0.1) is 5.92 Å². The topological polar surface area (TPSA) is 69.7 Å². The molecule has 3 rings (SSSR count). The predicted octanol–water partition coefficient (Wildman–Crippen LogP) is 1.65.